The number of aliphatic imine (C=N–C) groups is 1. The highest BCUT2D eigenvalue weighted by Gasteiger charge is 2.29. The predicted molar refractivity (Wildman–Crippen MR) is 114 cm³/mol. The molecule has 3 aromatic rings. The third-order valence-electron chi connectivity index (χ3n) is 4.94. The third kappa shape index (κ3) is 4.08. The number of aromatic amines is 1. The van der Waals surface area contributed by atoms with Crippen LogP contribution in [0.2, 0.25) is 0 Å². The van der Waals surface area contributed by atoms with Gasteiger partial charge in [0.15, 0.2) is 0 Å². The zero-order valence-corrected chi connectivity index (χ0v) is 16.6. The number of fused-ring (bicyclic) bond motifs is 1. The van der Waals surface area contributed by atoms with Crippen LogP contribution in [0.4, 0.5) is 4.39 Å². The summed E-state index contributed by atoms with van der Waals surface area (Å²) >= 11 is 0. The number of halogens is 1. The van der Waals surface area contributed by atoms with Gasteiger partial charge in [0.05, 0.1) is 6.20 Å². The number of nitrogens with one attached hydrogen (secondary N) is 1. The molecule has 1 aliphatic heterocycles. The Morgan fingerprint density at radius 2 is 2.17 bits per heavy atom. The van der Waals surface area contributed by atoms with Crippen molar-refractivity contribution in [3.8, 4) is 11.4 Å². The van der Waals surface area contributed by atoms with Crippen LogP contribution < -0.4 is 5.56 Å². The van der Waals surface area contributed by atoms with Crippen molar-refractivity contribution in [2.75, 3.05) is 13.1 Å². The normalized spacial score (nSPS) is 15.6. The van der Waals surface area contributed by atoms with Gasteiger partial charge in [-0.15, -0.1) is 0 Å². The monoisotopic (exact) mass is 407 g/mol. The van der Waals surface area contributed by atoms with Crippen LogP contribution >= 0.6 is 0 Å². The lowest BCUT2D eigenvalue weighted by molar-refractivity contribution is -0.0226. The largest absolute Gasteiger partial charge is 0.488 e. The Balaban J connectivity index is 1.47. The summed E-state index contributed by atoms with van der Waals surface area (Å²) in [4.78, 5) is 25.6. The van der Waals surface area contributed by atoms with Crippen molar-refractivity contribution in [1.29, 1.82) is 0 Å². The molecule has 0 atom stereocenters. The summed E-state index contributed by atoms with van der Waals surface area (Å²) in [7, 11) is 0. The molecule has 8 heteroatoms. The summed E-state index contributed by atoms with van der Waals surface area (Å²) in [6.45, 7) is 7.41. The minimum Gasteiger partial charge on any atom is -0.488 e. The SMILES string of the molecule is C=N/C=C\C(=C/C)OC1CN(Cc2cn3c(-c4ccc(F)cc4)ncc3c(=O)[nH]2)C1. The lowest BCUT2D eigenvalue weighted by atomic mass is 10.1. The number of rotatable bonds is 7. The first kappa shape index (κ1) is 19.8. The molecule has 1 fully saturated rings. The fourth-order valence-corrected chi connectivity index (χ4v) is 3.44. The number of likely N-dealkylation sites (tertiary alicyclic amines) is 1. The molecule has 4 rings (SSSR count). The van der Waals surface area contributed by atoms with Crippen LogP contribution in [0, 0.1) is 5.82 Å². The van der Waals surface area contributed by atoms with Crippen molar-refractivity contribution in [1.82, 2.24) is 19.3 Å². The maximum absolute atomic E-state index is 13.2. The highest BCUT2D eigenvalue weighted by molar-refractivity contribution is 5.61. The van der Waals surface area contributed by atoms with E-state index in [1.807, 2.05) is 19.2 Å². The van der Waals surface area contributed by atoms with E-state index in [2.05, 4.69) is 26.6 Å². The lowest BCUT2D eigenvalue weighted by Gasteiger charge is -2.39. The Bertz CT molecular complexity index is 1170. The van der Waals surface area contributed by atoms with E-state index in [0.29, 0.717) is 17.9 Å². The van der Waals surface area contributed by atoms with Gasteiger partial charge in [-0.25, -0.2) is 9.37 Å². The summed E-state index contributed by atoms with van der Waals surface area (Å²) < 4.78 is 20.9. The zero-order chi connectivity index (χ0) is 21.1. The molecule has 0 spiro atoms. The van der Waals surface area contributed by atoms with Gasteiger partial charge in [0.2, 0.25) is 0 Å². The zero-order valence-electron chi connectivity index (χ0n) is 16.6. The van der Waals surface area contributed by atoms with Crippen LogP contribution in [0.25, 0.3) is 16.9 Å². The molecular weight excluding hydrogens is 385 g/mol. The Labute approximate surface area is 172 Å². The molecule has 0 aliphatic carbocycles. The molecule has 3 heterocycles. The number of nitrogens with zero attached hydrogens (tertiary/aromatic N) is 4. The molecule has 1 saturated heterocycles. The number of imidazole rings is 1. The summed E-state index contributed by atoms with van der Waals surface area (Å²) in [5, 5.41) is 0. The average molecular weight is 407 g/mol. The molecule has 0 bridgehead atoms. The van der Waals surface area contributed by atoms with Crippen molar-refractivity contribution in [3.05, 3.63) is 82.6 Å². The van der Waals surface area contributed by atoms with Crippen molar-refractivity contribution in [3.63, 3.8) is 0 Å². The fourth-order valence-electron chi connectivity index (χ4n) is 3.44. The van der Waals surface area contributed by atoms with Gasteiger partial charge < -0.3 is 9.72 Å². The second-order valence-corrected chi connectivity index (χ2v) is 7.08. The van der Waals surface area contributed by atoms with Crippen LogP contribution in [0.1, 0.15) is 12.6 Å². The van der Waals surface area contributed by atoms with Gasteiger partial charge >= 0.3 is 0 Å². The molecule has 154 valence electrons. The summed E-state index contributed by atoms with van der Waals surface area (Å²) in [6.07, 6.45) is 8.73. The van der Waals surface area contributed by atoms with E-state index in [1.54, 1.807) is 28.8 Å². The minimum absolute atomic E-state index is 0.0872. The molecule has 1 aromatic carbocycles. The maximum atomic E-state index is 13.2. The van der Waals surface area contributed by atoms with Crippen molar-refractivity contribution >= 4 is 12.2 Å². The van der Waals surface area contributed by atoms with Gasteiger partial charge in [0.25, 0.3) is 5.56 Å². The van der Waals surface area contributed by atoms with Crippen molar-refractivity contribution in [2.45, 2.75) is 19.6 Å². The Morgan fingerprint density at radius 1 is 1.40 bits per heavy atom. The van der Waals surface area contributed by atoms with Gasteiger partial charge in [-0.3, -0.25) is 19.1 Å². The lowest BCUT2D eigenvalue weighted by Crippen LogP contribution is -2.51. The highest BCUT2D eigenvalue weighted by Crippen LogP contribution is 2.21. The first-order chi connectivity index (χ1) is 14.6. The number of ether oxygens (including phenoxy) is 1. The molecule has 0 radical (unpaired) electrons. The predicted octanol–water partition coefficient (Wildman–Crippen LogP) is 3.15. The van der Waals surface area contributed by atoms with E-state index < -0.39 is 0 Å². The maximum Gasteiger partial charge on any atom is 0.274 e. The van der Waals surface area contributed by atoms with Gasteiger partial charge in [0, 0.05) is 43.3 Å². The smallest absolute Gasteiger partial charge is 0.274 e. The number of allylic oxidation sites excluding steroid dienone is 2. The van der Waals surface area contributed by atoms with E-state index in [4.69, 9.17) is 4.74 Å². The van der Waals surface area contributed by atoms with Crippen LogP contribution in [-0.4, -0.2) is 45.2 Å². The van der Waals surface area contributed by atoms with Crippen molar-refractivity contribution in [2.24, 2.45) is 4.99 Å². The third-order valence-corrected chi connectivity index (χ3v) is 4.94. The average Bonchev–Trinajstić information content (AvgIpc) is 3.14. The fraction of sp³-hybridized carbons (Fsp3) is 0.227. The molecule has 2 aromatic heterocycles. The Kier molecular flexibility index (Phi) is 5.58. The van der Waals surface area contributed by atoms with Gasteiger partial charge in [0.1, 0.15) is 29.0 Å². The van der Waals surface area contributed by atoms with E-state index in [1.165, 1.54) is 18.3 Å². The standard InChI is InChI=1S/C22H22FN5O2/c1-3-18(8-9-24-2)30-19-13-27(14-19)11-17-12-28-20(22(29)26-17)10-25-21(28)15-4-6-16(23)7-5-15/h3-10,12,19H,2,11,13-14H2,1H3,(H,26,29)/b9-8-,18-3+. The van der Waals surface area contributed by atoms with E-state index >= 15 is 0 Å². The second kappa shape index (κ2) is 8.46. The first-order valence-corrected chi connectivity index (χ1v) is 9.60. The van der Waals surface area contributed by atoms with Crippen LogP contribution in [0.3, 0.4) is 0 Å². The van der Waals surface area contributed by atoms with Gasteiger partial charge in [-0.2, -0.15) is 0 Å². The van der Waals surface area contributed by atoms with Crippen LogP contribution in [0.5, 0.6) is 0 Å². The summed E-state index contributed by atoms with van der Waals surface area (Å²) in [6, 6.07) is 6.06. The highest BCUT2D eigenvalue weighted by atomic mass is 19.1. The molecule has 0 saturated carbocycles. The number of aromatic nitrogens is 3. The Morgan fingerprint density at radius 3 is 2.87 bits per heavy atom. The topological polar surface area (TPSA) is 75.0 Å². The quantitative estimate of drug-likeness (QED) is 0.371. The molecule has 0 amide bonds. The van der Waals surface area contributed by atoms with E-state index in [-0.39, 0.29) is 17.5 Å². The number of hydrogen-bond donors (Lipinski definition) is 1. The molecule has 0 unspecified atom stereocenters. The number of hydrogen-bond acceptors (Lipinski definition) is 5. The van der Waals surface area contributed by atoms with Gasteiger partial charge in [-0.05, 0) is 50.1 Å². The first-order valence-electron chi connectivity index (χ1n) is 9.60. The minimum atomic E-state index is -0.315. The molecule has 1 aliphatic rings. The van der Waals surface area contributed by atoms with E-state index in [0.717, 1.165) is 30.1 Å². The van der Waals surface area contributed by atoms with Crippen LogP contribution in [-0.2, 0) is 11.3 Å². The van der Waals surface area contributed by atoms with Gasteiger partial charge in [-0.1, -0.05) is 0 Å². The molecule has 7 nitrogen and oxygen atoms in total. The Hall–Kier alpha value is -3.52. The molecular formula is C22H22FN5O2. The number of H-pyrrole nitrogens is 1. The van der Waals surface area contributed by atoms with E-state index in [9.17, 15) is 9.18 Å². The summed E-state index contributed by atoms with van der Waals surface area (Å²) in [5.74, 6) is 1.04. The molecule has 1 N–H and O–H groups in total. The second-order valence-electron chi connectivity index (χ2n) is 7.08. The van der Waals surface area contributed by atoms with Crippen LogP contribution in [0.15, 0.2) is 70.6 Å². The number of benzene rings is 1. The summed E-state index contributed by atoms with van der Waals surface area (Å²) in [5.41, 5.74) is 1.75. The van der Waals surface area contributed by atoms with Crippen molar-refractivity contribution < 1.29 is 9.13 Å². The molecule has 30 heavy (non-hydrogen) atoms.